The number of hydrogen-bond acceptors (Lipinski definition) is 2. The van der Waals surface area contributed by atoms with Gasteiger partial charge in [-0.2, -0.15) is 0 Å². The molecule has 1 heterocycles. The van der Waals surface area contributed by atoms with Crippen LogP contribution >= 0.6 is 27.3 Å². The molecular formula is C15H16BrNS. The number of nitrogens with one attached hydrogen (secondary N) is 1. The van der Waals surface area contributed by atoms with Crippen molar-refractivity contribution in [3.63, 3.8) is 0 Å². The van der Waals surface area contributed by atoms with Gasteiger partial charge in [-0.3, -0.25) is 0 Å². The van der Waals surface area contributed by atoms with E-state index in [2.05, 4.69) is 64.0 Å². The molecule has 1 nitrogen and oxygen atoms in total. The lowest BCUT2D eigenvalue weighted by atomic mass is 9.74. The molecule has 0 aliphatic heterocycles. The predicted molar refractivity (Wildman–Crippen MR) is 81.3 cm³/mol. The van der Waals surface area contributed by atoms with Crippen molar-refractivity contribution in [2.24, 2.45) is 0 Å². The van der Waals surface area contributed by atoms with E-state index in [1.54, 1.807) is 16.9 Å². The third kappa shape index (κ3) is 2.27. The summed E-state index contributed by atoms with van der Waals surface area (Å²) < 4.78 is 1.21. The van der Waals surface area contributed by atoms with Crippen molar-refractivity contribution in [3.05, 3.63) is 56.2 Å². The minimum atomic E-state index is 0.464. The maximum Gasteiger partial charge on any atom is 0.0701 e. The third-order valence-corrected chi connectivity index (χ3v) is 5.34. The Balaban J connectivity index is 1.73. The highest BCUT2D eigenvalue weighted by atomic mass is 79.9. The van der Waals surface area contributed by atoms with Gasteiger partial charge in [-0.25, -0.2) is 0 Å². The first-order valence-corrected chi connectivity index (χ1v) is 7.94. The van der Waals surface area contributed by atoms with E-state index in [0.717, 1.165) is 5.92 Å². The molecule has 0 saturated carbocycles. The van der Waals surface area contributed by atoms with Crippen LogP contribution in [0.25, 0.3) is 0 Å². The van der Waals surface area contributed by atoms with E-state index < -0.39 is 0 Å². The van der Waals surface area contributed by atoms with E-state index in [1.165, 1.54) is 27.8 Å². The minimum absolute atomic E-state index is 0.464. The lowest BCUT2D eigenvalue weighted by molar-refractivity contribution is 0.453. The number of thiophene rings is 1. The van der Waals surface area contributed by atoms with Gasteiger partial charge in [-0.05, 0) is 69.9 Å². The fourth-order valence-electron chi connectivity index (χ4n) is 2.78. The summed E-state index contributed by atoms with van der Waals surface area (Å²) in [7, 11) is 2.06. The molecule has 3 heteroatoms. The summed E-state index contributed by atoms with van der Waals surface area (Å²) in [5, 5.41) is 5.69. The Hall–Kier alpha value is -0.640. The third-order valence-electron chi connectivity index (χ3n) is 3.82. The molecule has 18 heavy (non-hydrogen) atoms. The fraction of sp³-hybridized carbons (Fsp3) is 0.333. The van der Waals surface area contributed by atoms with E-state index in [0.29, 0.717) is 6.04 Å². The molecule has 1 N–H and O–H groups in total. The smallest absolute Gasteiger partial charge is 0.0701 e. The molecule has 2 atom stereocenters. The second-order valence-electron chi connectivity index (χ2n) is 4.86. The summed E-state index contributed by atoms with van der Waals surface area (Å²) in [5.41, 5.74) is 4.48. The van der Waals surface area contributed by atoms with Gasteiger partial charge in [0.1, 0.15) is 0 Å². The van der Waals surface area contributed by atoms with Crippen LogP contribution in [0.3, 0.4) is 0 Å². The molecule has 1 aliphatic carbocycles. The number of fused-ring (bicyclic) bond motifs is 1. The maximum atomic E-state index is 3.54. The summed E-state index contributed by atoms with van der Waals surface area (Å²) in [6.07, 6.45) is 2.43. The quantitative estimate of drug-likeness (QED) is 0.874. The first kappa shape index (κ1) is 12.4. The second-order valence-corrected chi connectivity index (χ2v) is 7.15. The van der Waals surface area contributed by atoms with Gasteiger partial charge in [-0.15, -0.1) is 11.3 Å². The van der Waals surface area contributed by atoms with Gasteiger partial charge in [0.2, 0.25) is 0 Å². The van der Waals surface area contributed by atoms with Crippen LogP contribution in [0.2, 0.25) is 0 Å². The highest BCUT2D eigenvalue weighted by Gasteiger charge is 2.28. The normalized spacial score (nSPS) is 19.1. The zero-order valence-corrected chi connectivity index (χ0v) is 12.7. The average molecular weight is 322 g/mol. The van der Waals surface area contributed by atoms with Crippen molar-refractivity contribution >= 4 is 27.3 Å². The van der Waals surface area contributed by atoms with Gasteiger partial charge < -0.3 is 5.32 Å². The zero-order chi connectivity index (χ0) is 12.5. The zero-order valence-electron chi connectivity index (χ0n) is 10.3. The number of rotatable bonds is 4. The van der Waals surface area contributed by atoms with Crippen LogP contribution in [0.15, 0.2) is 39.5 Å². The highest BCUT2D eigenvalue weighted by Crippen LogP contribution is 2.41. The minimum Gasteiger partial charge on any atom is -0.313 e. The fourth-order valence-corrected chi connectivity index (χ4v) is 4.01. The van der Waals surface area contributed by atoms with E-state index in [4.69, 9.17) is 0 Å². The predicted octanol–water partition coefficient (Wildman–Crippen LogP) is 4.50. The Bertz CT molecular complexity index is 549. The topological polar surface area (TPSA) is 12.0 Å². The summed E-state index contributed by atoms with van der Waals surface area (Å²) in [5.74, 6) is 0.720. The first-order valence-electron chi connectivity index (χ1n) is 6.27. The molecular weight excluding hydrogens is 306 g/mol. The van der Waals surface area contributed by atoms with Crippen LogP contribution < -0.4 is 5.32 Å². The van der Waals surface area contributed by atoms with Crippen molar-refractivity contribution < 1.29 is 0 Å². The van der Waals surface area contributed by atoms with Gasteiger partial charge in [0.15, 0.2) is 0 Å². The van der Waals surface area contributed by atoms with Crippen molar-refractivity contribution in [1.29, 1.82) is 0 Å². The maximum absolute atomic E-state index is 3.54. The van der Waals surface area contributed by atoms with Crippen molar-refractivity contribution in [2.45, 2.75) is 24.8 Å². The van der Waals surface area contributed by atoms with E-state index in [1.807, 2.05) is 0 Å². The van der Waals surface area contributed by atoms with E-state index >= 15 is 0 Å². The van der Waals surface area contributed by atoms with Crippen molar-refractivity contribution in [3.8, 4) is 0 Å². The van der Waals surface area contributed by atoms with Gasteiger partial charge in [0.25, 0.3) is 0 Å². The van der Waals surface area contributed by atoms with Gasteiger partial charge in [-0.1, -0.05) is 24.3 Å². The standard InChI is InChI=1S/C15H16BrNS/c1-17-14(12-8-15(16)18-9-12)7-11-6-10-4-2-3-5-13(10)11/h2-5,8-9,11,14,17H,6-7H2,1H3. The summed E-state index contributed by atoms with van der Waals surface area (Å²) >= 11 is 5.31. The monoisotopic (exact) mass is 321 g/mol. The molecule has 1 aromatic carbocycles. The molecule has 0 bridgehead atoms. The second kappa shape index (κ2) is 5.16. The Morgan fingerprint density at radius 3 is 2.94 bits per heavy atom. The lowest BCUT2D eigenvalue weighted by Gasteiger charge is -2.32. The number of hydrogen-bond donors (Lipinski definition) is 1. The molecule has 94 valence electrons. The Labute approximate surface area is 120 Å². The molecule has 0 fully saturated rings. The molecule has 0 amide bonds. The summed E-state index contributed by atoms with van der Waals surface area (Å²) in [6, 6.07) is 11.5. The molecule has 3 rings (SSSR count). The van der Waals surface area contributed by atoms with Crippen molar-refractivity contribution in [1.82, 2.24) is 5.32 Å². The molecule has 0 radical (unpaired) electrons. The van der Waals surface area contributed by atoms with Crippen LogP contribution in [-0.4, -0.2) is 7.05 Å². The van der Waals surface area contributed by atoms with Crippen LogP contribution in [0, 0.1) is 0 Å². The van der Waals surface area contributed by atoms with Gasteiger partial charge >= 0.3 is 0 Å². The molecule has 1 aromatic heterocycles. The Morgan fingerprint density at radius 2 is 2.28 bits per heavy atom. The number of halogens is 1. The molecule has 2 aromatic rings. The SMILES string of the molecule is CNC(CC1Cc2ccccc21)c1csc(Br)c1. The Morgan fingerprint density at radius 1 is 1.44 bits per heavy atom. The molecule has 0 saturated heterocycles. The van der Waals surface area contributed by atoms with Crippen molar-refractivity contribution in [2.75, 3.05) is 7.05 Å². The van der Waals surface area contributed by atoms with Gasteiger partial charge in [0, 0.05) is 6.04 Å². The Kier molecular flexibility index (Phi) is 3.55. The lowest BCUT2D eigenvalue weighted by Crippen LogP contribution is -2.24. The summed E-state index contributed by atoms with van der Waals surface area (Å²) in [6.45, 7) is 0. The van der Waals surface area contributed by atoms with Crippen LogP contribution in [0.1, 0.15) is 35.1 Å². The average Bonchev–Trinajstić information content (AvgIpc) is 2.77. The highest BCUT2D eigenvalue weighted by molar-refractivity contribution is 9.11. The van der Waals surface area contributed by atoms with Crippen LogP contribution in [0.5, 0.6) is 0 Å². The van der Waals surface area contributed by atoms with Crippen LogP contribution in [-0.2, 0) is 6.42 Å². The van der Waals surface area contributed by atoms with Crippen LogP contribution in [0.4, 0.5) is 0 Å². The molecule has 1 aliphatic rings. The largest absolute Gasteiger partial charge is 0.313 e. The first-order chi connectivity index (χ1) is 8.78. The van der Waals surface area contributed by atoms with E-state index in [-0.39, 0.29) is 0 Å². The number of benzene rings is 1. The molecule has 0 spiro atoms. The molecule has 2 unspecified atom stereocenters. The van der Waals surface area contributed by atoms with E-state index in [9.17, 15) is 0 Å². The van der Waals surface area contributed by atoms with Gasteiger partial charge in [0.05, 0.1) is 3.79 Å². The summed E-state index contributed by atoms with van der Waals surface area (Å²) in [4.78, 5) is 0.